The summed E-state index contributed by atoms with van der Waals surface area (Å²) in [5, 5.41) is 14.1. The molecule has 0 unspecified atom stereocenters. The molecule has 6 nitrogen and oxygen atoms in total. The standard InChI is InChI=1S/C63H37N5O/c1-3-15-38(16-4-1)61-64-62(39-17-5-2-6-18-39)66-63(65-61)40-27-30-45-43-19-7-8-20-44(43)46-31-28-41(34-51(46)50(45)33-40)67-55-24-12-9-21-47(55)52-35-42(29-32-57(52)67)68-56-25-13-10-22-48(56)53-37-60-54(36-58(53)68)49-23-11-14-26-59(49)69-60/h1-37H. The van der Waals surface area contributed by atoms with E-state index in [1.165, 1.54) is 43.1 Å². The number of fused-ring (bicyclic) bond motifs is 15. The van der Waals surface area contributed by atoms with Crippen LogP contribution < -0.4 is 0 Å². The van der Waals surface area contributed by atoms with Gasteiger partial charge in [-0.2, -0.15) is 0 Å². The average molecular weight is 880 g/mol. The molecule has 320 valence electrons. The largest absolute Gasteiger partial charge is 0.456 e. The molecular weight excluding hydrogens is 843 g/mol. The highest BCUT2D eigenvalue weighted by atomic mass is 16.3. The summed E-state index contributed by atoms with van der Waals surface area (Å²) in [6.45, 7) is 0. The topological polar surface area (TPSA) is 61.7 Å². The molecule has 0 fully saturated rings. The van der Waals surface area contributed by atoms with Crippen molar-refractivity contribution >= 4 is 97.9 Å². The fraction of sp³-hybridized carbons (Fsp3) is 0. The van der Waals surface area contributed by atoms with E-state index in [1.54, 1.807) is 0 Å². The molecule has 0 aliphatic rings. The zero-order chi connectivity index (χ0) is 45.2. The van der Waals surface area contributed by atoms with Crippen molar-refractivity contribution in [2.75, 3.05) is 0 Å². The zero-order valence-corrected chi connectivity index (χ0v) is 37.0. The molecule has 0 aliphatic heterocycles. The Morgan fingerprint density at radius 2 is 0.696 bits per heavy atom. The molecule has 4 heterocycles. The van der Waals surface area contributed by atoms with Crippen LogP contribution in [0, 0.1) is 0 Å². The second-order valence-electron chi connectivity index (χ2n) is 17.9. The quantitative estimate of drug-likeness (QED) is 0.162. The van der Waals surface area contributed by atoms with Gasteiger partial charge in [0.25, 0.3) is 0 Å². The second-order valence-corrected chi connectivity index (χ2v) is 17.9. The van der Waals surface area contributed by atoms with Crippen LogP contribution in [0.5, 0.6) is 0 Å². The smallest absolute Gasteiger partial charge is 0.164 e. The van der Waals surface area contributed by atoms with E-state index < -0.39 is 0 Å². The lowest BCUT2D eigenvalue weighted by Gasteiger charge is -2.15. The molecule has 0 aliphatic carbocycles. The van der Waals surface area contributed by atoms with Crippen LogP contribution >= 0.6 is 0 Å². The van der Waals surface area contributed by atoms with Gasteiger partial charge >= 0.3 is 0 Å². The molecule has 0 atom stereocenters. The lowest BCUT2D eigenvalue weighted by atomic mass is 9.93. The monoisotopic (exact) mass is 879 g/mol. The number of furan rings is 1. The van der Waals surface area contributed by atoms with Crippen LogP contribution in [-0.4, -0.2) is 24.1 Å². The Balaban J connectivity index is 0.944. The third-order valence-electron chi connectivity index (χ3n) is 14.1. The van der Waals surface area contributed by atoms with Gasteiger partial charge in [-0.3, -0.25) is 0 Å². The van der Waals surface area contributed by atoms with E-state index in [0.717, 1.165) is 82.8 Å². The summed E-state index contributed by atoms with van der Waals surface area (Å²) < 4.78 is 11.2. The Bertz CT molecular complexity index is 4540. The number of hydrogen-bond acceptors (Lipinski definition) is 4. The summed E-state index contributed by atoms with van der Waals surface area (Å²) in [5.74, 6) is 1.91. The van der Waals surface area contributed by atoms with E-state index in [-0.39, 0.29) is 0 Å². The highest BCUT2D eigenvalue weighted by Crippen LogP contribution is 2.42. The fourth-order valence-corrected chi connectivity index (χ4v) is 11.0. The summed E-state index contributed by atoms with van der Waals surface area (Å²) in [7, 11) is 0. The van der Waals surface area contributed by atoms with Gasteiger partial charge in [-0.15, -0.1) is 0 Å². The van der Waals surface area contributed by atoms with Crippen molar-refractivity contribution in [2.24, 2.45) is 0 Å². The van der Waals surface area contributed by atoms with Gasteiger partial charge in [0.2, 0.25) is 0 Å². The summed E-state index contributed by atoms with van der Waals surface area (Å²) in [6.07, 6.45) is 0. The third kappa shape index (κ3) is 5.69. The van der Waals surface area contributed by atoms with Crippen LogP contribution in [0.3, 0.4) is 0 Å². The number of rotatable bonds is 5. The zero-order valence-electron chi connectivity index (χ0n) is 37.0. The molecule has 69 heavy (non-hydrogen) atoms. The van der Waals surface area contributed by atoms with Crippen molar-refractivity contribution < 1.29 is 4.42 Å². The maximum Gasteiger partial charge on any atom is 0.164 e. The van der Waals surface area contributed by atoms with E-state index >= 15 is 0 Å². The lowest BCUT2D eigenvalue weighted by Crippen LogP contribution is -2.00. The normalized spacial score (nSPS) is 12.1. The van der Waals surface area contributed by atoms with Crippen molar-refractivity contribution in [2.45, 2.75) is 0 Å². The Labute approximate surface area is 394 Å². The molecule has 0 radical (unpaired) electrons. The maximum atomic E-state index is 6.39. The van der Waals surface area contributed by atoms with E-state index in [1.807, 2.05) is 48.5 Å². The first-order chi connectivity index (χ1) is 34.2. The number of hydrogen-bond donors (Lipinski definition) is 0. The van der Waals surface area contributed by atoms with Crippen LogP contribution in [0.15, 0.2) is 229 Å². The van der Waals surface area contributed by atoms with Crippen molar-refractivity contribution in [3.8, 4) is 45.5 Å². The first-order valence-electron chi connectivity index (χ1n) is 23.3. The number of para-hydroxylation sites is 3. The molecule has 15 rings (SSSR count). The van der Waals surface area contributed by atoms with Crippen molar-refractivity contribution in [3.63, 3.8) is 0 Å². The number of nitrogens with zero attached hydrogens (tertiary/aromatic N) is 5. The Hall–Kier alpha value is -9.39. The third-order valence-corrected chi connectivity index (χ3v) is 14.1. The number of aromatic nitrogens is 5. The van der Waals surface area contributed by atoms with Crippen molar-refractivity contribution in [1.82, 2.24) is 24.1 Å². The minimum absolute atomic E-state index is 0.631. The summed E-state index contributed by atoms with van der Waals surface area (Å²) >= 11 is 0. The van der Waals surface area contributed by atoms with Gasteiger partial charge in [-0.25, -0.2) is 15.0 Å². The van der Waals surface area contributed by atoms with Crippen LogP contribution in [0.2, 0.25) is 0 Å². The van der Waals surface area contributed by atoms with Gasteiger partial charge in [0, 0.05) is 60.4 Å². The summed E-state index contributed by atoms with van der Waals surface area (Å²) in [4.78, 5) is 15.2. The van der Waals surface area contributed by atoms with Gasteiger partial charge in [0.15, 0.2) is 17.5 Å². The highest BCUT2D eigenvalue weighted by Gasteiger charge is 2.20. The summed E-state index contributed by atoms with van der Waals surface area (Å²) in [6, 6.07) is 80.0. The molecule has 6 heteroatoms. The molecule has 0 spiro atoms. The van der Waals surface area contributed by atoms with E-state index in [2.05, 4.69) is 185 Å². The predicted octanol–water partition coefficient (Wildman–Crippen LogP) is 16.4. The van der Waals surface area contributed by atoms with Gasteiger partial charge < -0.3 is 13.6 Å². The first-order valence-corrected chi connectivity index (χ1v) is 23.3. The first kappa shape index (κ1) is 37.8. The molecular formula is C63H37N5O. The van der Waals surface area contributed by atoms with Gasteiger partial charge in [-0.1, -0.05) is 158 Å². The molecule has 0 saturated heterocycles. The molecule has 0 saturated carbocycles. The lowest BCUT2D eigenvalue weighted by molar-refractivity contribution is 0.669. The van der Waals surface area contributed by atoms with Crippen LogP contribution in [0.25, 0.3) is 143 Å². The minimum atomic E-state index is 0.631. The number of benzene rings is 11. The van der Waals surface area contributed by atoms with Crippen LogP contribution in [-0.2, 0) is 0 Å². The predicted molar refractivity (Wildman–Crippen MR) is 285 cm³/mol. The van der Waals surface area contributed by atoms with Gasteiger partial charge in [-0.05, 0) is 99.0 Å². The Morgan fingerprint density at radius 1 is 0.246 bits per heavy atom. The average Bonchev–Trinajstić information content (AvgIpc) is 4.07. The molecule has 4 aromatic heterocycles. The van der Waals surface area contributed by atoms with Gasteiger partial charge in [0.1, 0.15) is 11.2 Å². The maximum absolute atomic E-state index is 6.39. The van der Waals surface area contributed by atoms with Crippen molar-refractivity contribution in [1.29, 1.82) is 0 Å². The SMILES string of the molecule is c1ccc(-c2nc(-c3ccccc3)nc(-c3ccc4c5ccccc5c5ccc(-n6c7ccccc7c7cc(-n8c9ccccc9c9cc%10oc%11ccccc%11c%10cc98)ccc76)cc5c4c3)n2)cc1. The van der Waals surface area contributed by atoms with E-state index in [9.17, 15) is 0 Å². The van der Waals surface area contributed by atoms with Crippen molar-refractivity contribution in [3.05, 3.63) is 224 Å². The van der Waals surface area contributed by atoms with Crippen LogP contribution in [0.1, 0.15) is 0 Å². The van der Waals surface area contributed by atoms with Gasteiger partial charge in [0.05, 0.1) is 22.1 Å². The minimum Gasteiger partial charge on any atom is -0.456 e. The molecule has 0 bridgehead atoms. The Kier molecular flexibility index (Phi) is 7.97. The molecule has 11 aromatic carbocycles. The van der Waals surface area contributed by atoms with Crippen LogP contribution in [0.4, 0.5) is 0 Å². The second kappa shape index (κ2) is 14.6. The van der Waals surface area contributed by atoms with E-state index in [4.69, 9.17) is 19.4 Å². The Morgan fingerprint density at radius 3 is 1.35 bits per heavy atom. The van der Waals surface area contributed by atoms with E-state index in [0.29, 0.717) is 17.5 Å². The fourth-order valence-electron chi connectivity index (χ4n) is 11.0. The molecule has 15 aromatic rings. The molecule has 0 N–H and O–H groups in total. The highest BCUT2D eigenvalue weighted by molar-refractivity contribution is 6.26. The summed E-state index contributed by atoms with van der Waals surface area (Å²) in [5.41, 5.74) is 11.4. The molecule has 0 amide bonds.